The normalized spacial score (nSPS) is 10.7. The molecule has 3 rings (SSSR count). The third kappa shape index (κ3) is 4.19. The minimum atomic E-state index is -0.394. The van der Waals surface area contributed by atoms with Gasteiger partial charge in [0, 0.05) is 0 Å². The van der Waals surface area contributed by atoms with Gasteiger partial charge in [-0.15, -0.1) is 0 Å². The molecule has 0 bridgehead atoms. The van der Waals surface area contributed by atoms with Crippen LogP contribution in [0.2, 0.25) is 0 Å². The van der Waals surface area contributed by atoms with Gasteiger partial charge in [0.1, 0.15) is 0 Å². The van der Waals surface area contributed by atoms with Crippen molar-refractivity contribution in [3.8, 4) is 11.5 Å². The SMILES string of the molecule is COc1cc(C=Cc2ccccc2)ccc1OC(=O)c1ccccc1C. The van der Waals surface area contributed by atoms with Gasteiger partial charge in [-0.1, -0.05) is 66.7 Å². The van der Waals surface area contributed by atoms with Gasteiger partial charge in [-0.2, -0.15) is 0 Å². The Morgan fingerprint density at radius 1 is 0.808 bits per heavy atom. The predicted octanol–water partition coefficient (Wildman–Crippen LogP) is 5.39. The Kier molecular flexibility index (Phi) is 5.49. The summed E-state index contributed by atoms with van der Waals surface area (Å²) in [6.45, 7) is 1.88. The molecule has 0 N–H and O–H groups in total. The van der Waals surface area contributed by atoms with E-state index in [1.54, 1.807) is 19.2 Å². The number of hydrogen-bond donors (Lipinski definition) is 0. The smallest absolute Gasteiger partial charge is 0.343 e. The van der Waals surface area contributed by atoms with Crippen LogP contribution in [0.15, 0.2) is 72.8 Å². The number of esters is 1. The van der Waals surface area contributed by atoms with Gasteiger partial charge < -0.3 is 9.47 Å². The number of carbonyl (C=O) groups excluding carboxylic acids is 1. The molecule has 3 nitrogen and oxygen atoms in total. The van der Waals surface area contributed by atoms with Crippen molar-refractivity contribution in [2.75, 3.05) is 7.11 Å². The molecule has 0 spiro atoms. The molecule has 0 radical (unpaired) electrons. The molecule has 0 amide bonds. The van der Waals surface area contributed by atoms with E-state index >= 15 is 0 Å². The number of hydrogen-bond acceptors (Lipinski definition) is 3. The second-order valence-corrected chi connectivity index (χ2v) is 5.86. The summed E-state index contributed by atoms with van der Waals surface area (Å²) in [5.74, 6) is 0.522. The molecule has 0 saturated heterocycles. The maximum Gasteiger partial charge on any atom is 0.343 e. The van der Waals surface area contributed by atoms with Crippen LogP contribution in [0, 0.1) is 6.92 Å². The molecular weight excluding hydrogens is 324 g/mol. The Balaban J connectivity index is 1.80. The van der Waals surface area contributed by atoms with E-state index in [-0.39, 0.29) is 0 Å². The zero-order valence-electron chi connectivity index (χ0n) is 14.8. The van der Waals surface area contributed by atoms with Crippen molar-refractivity contribution in [1.82, 2.24) is 0 Å². The van der Waals surface area contributed by atoms with Crippen molar-refractivity contribution < 1.29 is 14.3 Å². The largest absolute Gasteiger partial charge is 0.493 e. The molecule has 0 aliphatic carbocycles. The van der Waals surface area contributed by atoms with E-state index in [1.807, 2.05) is 79.7 Å². The molecule has 0 unspecified atom stereocenters. The van der Waals surface area contributed by atoms with Crippen LogP contribution in [0.5, 0.6) is 11.5 Å². The van der Waals surface area contributed by atoms with Gasteiger partial charge in [0.2, 0.25) is 0 Å². The van der Waals surface area contributed by atoms with Crippen LogP contribution in [0.3, 0.4) is 0 Å². The van der Waals surface area contributed by atoms with E-state index in [0.717, 1.165) is 16.7 Å². The van der Waals surface area contributed by atoms with E-state index in [0.29, 0.717) is 17.1 Å². The molecule has 0 aliphatic rings. The van der Waals surface area contributed by atoms with Crippen molar-refractivity contribution in [2.24, 2.45) is 0 Å². The highest BCUT2D eigenvalue weighted by Crippen LogP contribution is 2.29. The first-order chi connectivity index (χ1) is 12.7. The van der Waals surface area contributed by atoms with E-state index < -0.39 is 5.97 Å². The Bertz CT molecular complexity index is 927. The summed E-state index contributed by atoms with van der Waals surface area (Å²) in [6.07, 6.45) is 4.01. The molecule has 130 valence electrons. The van der Waals surface area contributed by atoms with E-state index in [4.69, 9.17) is 9.47 Å². The van der Waals surface area contributed by atoms with Gasteiger partial charge in [0.05, 0.1) is 12.7 Å². The molecule has 3 aromatic carbocycles. The molecule has 0 aromatic heterocycles. The topological polar surface area (TPSA) is 35.5 Å². The summed E-state index contributed by atoms with van der Waals surface area (Å²) in [5.41, 5.74) is 3.49. The summed E-state index contributed by atoms with van der Waals surface area (Å²) in [7, 11) is 1.56. The number of aryl methyl sites for hydroxylation is 1. The lowest BCUT2D eigenvalue weighted by Crippen LogP contribution is -2.10. The third-order valence-corrected chi connectivity index (χ3v) is 4.02. The summed E-state index contributed by atoms with van der Waals surface area (Å²) in [6, 6.07) is 22.9. The summed E-state index contributed by atoms with van der Waals surface area (Å²) < 4.78 is 10.9. The molecular formula is C23H20O3. The van der Waals surface area contributed by atoms with Gasteiger partial charge in [-0.3, -0.25) is 0 Å². The molecule has 0 fully saturated rings. The number of benzene rings is 3. The highest BCUT2D eigenvalue weighted by molar-refractivity contribution is 5.92. The molecule has 26 heavy (non-hydrogen) atoms. The van der Waals surface area contributed by atoms with Crippen molar-refractivity contribution in [1.29, 1.82) is 0 Å². The summed E-state index contributed by atoms with van der Waals surface area (Å²) in [5, 5.41) is 0. The average molecular weight is 344 g/mol. The van der Waals surface area contributed by atoms with Crippen molar-refractivity contribution >= 4 is 18.1 Å². The fourth-order valence-electron chi connectivity index (χ4n) is 2.59. The number of rotatable bonds is 5. The monoisotopic (exact) mass is 344 g/mol. The number of carbonyl (C=O) groups is 1. The fraction of sp³-hybridized carbons (Fsp3) is 0.0870. The van der Waals surface area contributed by atoms with Crippen LogP contribution in [-0.2, 0) is 0 Å². The minimum Gasteiger partial charge on any atom is -0.493 e. The summed E-state index contributed by atoms with van der Waals surface area (Å²) in [4.78, 5) is 12.4. The van der Waals surface area contributed by atoms with Crippen LogP contribution >= 0.6 is 0 Å². The lowest BCUT2D eigenvalue weighted by Gasteiger charge is -2.11. The maximum atomic E-state index is 12.4. The van der Waals surface area contributed by atoms with Crippen LogP contribution in [0.25, 0.3) is 12.2 Å². The Hall–Kier alpha value is -3.33. The van der Waals surface area contributed by atoms with Gasteiger partial charge in [-0.25, -0.2) is 4.79 Å². The molecule has 3 heteroatoms. The van der Waals surface area contributed by atoms with Crippen LogP contribution in [0.4, 0.5) is 0 Å². The first-order valence-electron chi connectivity index (χ1n) is 8.36. The van der Waals surface area contributed by atoms with Crippen LogP contribution < -0.4 is 9.47 Å². The number of ether oxygens (including phenoxy) is 2. The Labute approximate surface area is 153 Å². The van der Waals surface area contributed by atoms with E-state index in [9.17, 15) is 4.79 Å². The third-order valence-electron chi connectivity index (χ3n) is 4.02. The predicted molar refractivity (Wildman–Crippen MR) is 105 cm³/mol. The first-order valence-corrected chi connectivity index (χ1v) is 8.36. The zero-order valence-corrected chi connectivity index (χ0v) is 14.8. The average Bonchev–Trinajstić information content (AvgIpc) is 2.68. The Morgan fingerprint density at radius 3 is 2.23 bits per heavy atom. The van der Waals surface area contributed by atoms with Crippen LogP contribution in [-0.4, -0.2) is 13.1 Å². The standard InChI is InChI=1S/C23H20O3/c1-17-8-6-7-11-20(17)23(24)26-21-15-14-19(16-22(21)25-2)13-12-18-9-4-3-5-10-18/h3-16H,1-2H3. The van der Waals surface area contributed by atoms with Gasteiger partial charge in [0.25, 0.3) is 0 Å². The second kappa shape index (κ2) is 8.17. The molecule has 0 atom stereocenters. The van der Waals surface area contributed by atoms with Crippen molar-refractivity contribution in [3.63, 3.8) is 0 Å². The quantitative estimate of drug-likeness (QED) is 0.353. The Morgan fingerprint density at radius 2 is 1.50 bits per heavy atom. The first kappa shape index (κ1) is 17.5. The molecule has 0 heterocycles. The molecule has 0 aliphatic heterocycles. The highest BCUT2D eigenvalue weighted by Gasteiger charge is 2.14. The zero-order chi connectivity index (χ0) is 18.4. The van der Waals surface area contributed by atoms with E-state index in [1.165, 1.54) is 0 Å². The van der Waals surface area contributed by atoms with Crippen LogP contribution in [0.1, 0.15) is 27.0 Å². The lowest BCUT2D eigenvalue weighted by atomic mass is 10.1. The second-order valence-electron chi connectivity index (χ2n) is 5.86. The highest BCUT2D eigenvalue weighted by atomic mass is 16.6. The minimum absolute atomic E-state index is 0.394. The van der Waals surface area contributed by atoms with Gasteiger partial charge >= 0.3 is 5.97 Å². The van der Waals surface area contributed by atoms with E-state index in [2.05, 4.69) is 0 Å². The molecule has 3 aromatic rings. The molecule has 0 saturated carbocycles. The van der Waals surface area contributed by atoms with Gasteiger partial charge in [0.15, 0.2) is 11.5 Å². The maximum absolute atomic E-state index is 12.4. The lowest BCUT2D eigenvalue weighted by molar-refractivity contribution is 0.0729. The van der Waals surface area contributed by atoms with Gasteiger partial charge in [-0.05, 0) is 41.8 Å². The number of methoxy groups -OCH3 is 1. The summed E-state index contributed by atoms with van der Waals surface area (Å²) >= 11 is 0. The van der Waals surface area contributed by atoms with Crippen molar-refractivity contribution in [3.05, 3.63) is 95.1 Å². The van der Waals surface area contributed by atoms with Crippen molar-refractivity contribution in [2.45, 2.75) is 6.92 Å². The fourth-order valence-corrected chi connectivity index (χ4v) is 2.59.